The van der Waals surface area contributed by atoms with Crippen molar-refractivity contribution in [2.45, 2.75) is 0 Å². The smallest absolute Gasteiger partial charge is 1.00 e. The average Bonchev–Trinajstić information content (AvgIpc) is 2.16. The van der Waals surface area contributed by atoms with Crippen LogP contribution in [0.25, 0.3) is 0 Å². The molecule has 15 nitrogen and oxygen atoms in total. The second-order valence-corrected chi connectivity index (χ2v) is 4.52. The molecule has 6 N–H and O–H groups in total. The van der Waals surface area contributed by atoms with E-state index in [1.165, 1.54) is 0 Å². The van der Waals surface area contributed by atoms with Gasteiger partial charge < -0.3 is 4.28 Å². The topological polar surface area (TPSA) is 251 Å². The van der Waals surface area contributed by atoms with Crippen LogP contribution in [0.15, 0.2) is 0 Å². The molecule has 0 bridgehead atoms. The van der Waals surface area contributed by atoms with Crippen molar-refractivity contribution >= 4 is 31.2 Å². The number of rotatable bonds is 3. The van der Waals surface area contributed by atoms with Gasteiger partial charge in [0.2, 0.25) is 0 Å². The molecule has 0 rings (SSSR count). The van der Waals surface area contributed by atoms with E-state index in [-0.39, 0.29) is 158 Å². The molecule has 0 unspecified atom stereocenters. The quantitative estimate of drug-likeness (QED) is 0.0985. The number of hydrogen-bond donors (Lipinski definition) is 6. The van der Waals surface area contributed by atoms with Gasteiger partial charge in [0.25, 0.3) is 0 Å². The van der Waals surface area contributed by atoms with Crippen molar-refractivity contribution in [2.75, 3.05) is 0 Å². The third-order valence-corrected chi connectivity index (χ3v) is 0.848. The van der Waals surface area contributed by atoms with Gasteiger partial charge in [0.15, 0.2) is 0 Å². The van der Waals surface area contributed by atoms with Crippen molar-refractivity contribution in [3.05, 3.63) is 0 Å². The van der Waals surface area contributed by atoms with Gasteiger partial charge in [-0.05, 0) is 0 Å². The molecular weight excluding hydrogens is 453 g/mol. The number of hydrogen-bond acceptors (Lipinski definition) is 12. The molecule has 0 aliphatic carbocycles. The SMILES string of the molecule is O=S(=O)(O)OO.O=S(=O)(O)OO.O=S(=O)(O)OO.[H-].[H-].[H-].[K+].[K+].[K+]. The summed E-state index contributed by atoms with van der Waals surface area (Å²) in [6.07, 6.45) is 0. The minimum absolute atomic E-state index is 0. The molecular formula is H9K3O15S3. The summed E-state index contributed by atoms with van der Waals surface area (Å²) in [4.78, 5) is 0. The van der Waals surface area contributed by atoms with E-state index in [9.17, 15) is 0 Å². The zero-order valence-corrected chi connectivity index (χ0v) is 22.4. The van der Waals surface area contributed by atoms with Gasteiger partial charge in [-0.2, -0.15) is 25.3 Å². The molecule has 0 spiro atoms. The summed E-state index contributed by atoms with van der Waals surface area (Å²) in [6, 6.07) is 0. The molecule has 0 amide bonds. The summed E-state index contributed by atoms with van der Waals surface area (Å²) in [5, 5.41) is 21.2. The molecule has 0 saturated carbocycles. The van der Waals surface area contributed by atoms with Crippen LogP contribution in [0.2, 0.25) is 0 Å². The Morgan fingerprint density at radius 3 is 0.571 bits per heavy atom. The van der Waals surface area contributed by atoms with Crippen LogP contribution in [0, 0.1) is 0 Å². The Balaban J connectivity index is -0.0000000179. The van der Waals surface area contributed by atoms with E-state index in [1.807, 2.05) is 0 Å². The van der Waals surface area contributed by atoms with E-state index in [2.05, 4.69) is 13.0 Å². The molecule has 21 heavy (non-hydrogen) atoms. The largest absolute Gasteiger partial charge is 1.00 e. The molecule has 21 heteroatoms. The summed E-state index contributed by atoms with van der Waals surface area (Å²) in [6.45, 7) is 0. The third-order valence-electron chi connectivity index (χ3n) is 0.283. The van der Waals surface area contributed by atoms with E-state index in [0.717, 1.165) is 0 Å². The van der Waals surface area contributed by atoms with Crippen molar-refractivity contribution < 1.29 is 226 Å². The Hall–Kier alpha value is 4.40. The predicted octanol–water partition coefficient (Wildman–Crippen LogP) is -10.8. The molecule has 0 saturated heterocycles. The van der Waals surface area contributed by atoms with Gasteiger partial charge in [-0.3, -0.25) is 13.7 Å². The minimum Gasteiger partial charge on any atom is -1.00 e. The van der Waals surface area contributed by atoms with E-state index in [0.29, 0.717) is 0 Å². The van der Waals surface area contributed by atoms with Crippen LogP contribution >= 0.6 is 0 Å². The van der Waals surface area contributed by atoms with Crippen LogP contribution in [-0.4, -0.2) is 54.7 Å². The van der Waals surface area contributed by atoms with Gasteiger partial charge in [0, 0.05) is 0 Å². The fourth-order valence-corrected chi connectivity index (χ4v) is 0. The Kier molecular flexibility index (Phi) is 39.6. The maximum atomic E-state index is 9.08. The molecule has 0 aromatic carbocycles. The van der Waals surface area contributed by atoms with Crippen molar-refractivity contribution in [3.8, 4) is 0 Å². The van der Waals surface area contributed by atoms with Crippen molar-refractivity contribution in [2.24, 2.45) is 0 Å². The van der Waals surface area contributed by atoms with Gasteiger partial charge in [-0.25, -0.2) is 15.8 Å². The molecule has 120 valence electrons. The first kappa shape index (κ1) is 40.2. The molecule has 0 radical (unpaired) electrons. The van der Waals surface area contributed by atoms with Gasteiger partial charge in [0.05, 0.1) is 0 Å². The Morgan fingerprint density at radius 2 is 0.571 bits per heavy atom. The van der Waals surface area contributed by atoms with Gasteiger partial charge >= 0.3 is 185 Å². The zero-order valence-electron chi connectivity index (χ0n) is 13.6. The maximum absolute atomic E-state index is 9.08. The van der Waals surface area contributed by atoms with Crippen LogP contribution in [0.3, 0.4) is 0 Å². The third kappa shape index (κ3) is 68.2. The van der Waals surface area contributed by atoms with Crippen LogP contribution < -0.4 is 154 Å². The Labute approximate surface area is 251 Å². The molecule has 0 atom stereocenters. The van der Waals surface area contributed by atoms with E-state index < -0.39 is 31.2 Å². The summed E-state index contributed by atoms with van der Waals surface area (Å²) < 4.78 is 83.9. The second kappa shape index (κ2) is 20.7. The van der Waals surface area contributed by atoms with Crippen molar-refractivity contribution in [3.63, 3.8) is 0 Å². The molecule has 0 heterocycles. The first-order valence-electron chi connectivity index (χ1n) is 2.60. The Bertz CT molecular complexity index is 419. The summed E-state index contributed by atoms with van der Waals surface area (Å²) in [5.74, 6) is 0. The van der Waals surface area contributed by atoms with E-state index in [4.69, 9.17) is 54.7 Å². The van der Waals surface area contributed by atoms with Gasteiger partial charge in [-0.1, -0.05) is 13.0 Å². The second-order valence-electron chi connectivity index (χ2n) is 1.51. The first-order chi connectivity index (χ1) is 7.68. The van der Waals surface area contributed by atoms with Crippen molar-refractivity contribution in [1.29, 1.82) is 0 Å². The summed E-state index contributed by atoms with van der Waals surface area (Å²) >= 11 is 0. The molecule has 0 aliphatic rings. The first-order valence-corrected chi connectivity index (χ1v) is 6.69. The molecule has 0 aromatic heterocycles. The molecule has 0 aliphatic heterocycles. The summed E-state index contributed by atoms with van der Waals surface area (Å²) in [7, 11) is -13.8. The van der Waals surface area contributed by atoms with E-state index >= 15 is 0 Å². The normalized spacial score (nSPS) is 10.0. The summed E-state index contributed by atoms with van der Waals surface area (Å²) in [5.41, 5.74) is 0. The van der Waals surface area contributed by atoms with Crippen LogP contribution in [-0.2, 0) is 44.2 Å². The van der Waals surface area contributed by atoms with Gasteiger partial charge in [-0.15, -0.1) is 0 Å². The zero-order chi connectivity index (χ0) is 15.6. The maximum Gasteiger partial charge on any atom is 1.00 e. The van der Waals surface area contributed by atoms with Crippen LogP contribution in [0.4, 0.5) is 0 Å². The van der Waals surface area contributed by atoms with Crippen LogP contribution in [0.5, 0.6) is 0 Å². The van der Waals surface area contributed by atoms with Gasteiger partial charge in [0.1, 0.15) is 0 Å². The van der Waals surface area contributed by atoms with Crippen molar-refractivity contribution in [1.82, 2.24) is 0 Å². The standard InChI is InChI=1S/3K.3H2O5S.3H/c;;;3*1-5-6(2,3)4;;;/h;;;3*1H,(H,2,3,4);;;/q3*+1;;;;3*-1. The molecule has 0 fully saturated rings. The fraction of sp³-hybridized carbons (Fsp3) is 0. The molecule has 0 aromatic rings. The fourth-order valence-electron chi connectivity index (χ4n) is 0. The predicted molar refractivity (Wildman–Crippen MR) is 49.1 cm³/mol. The minimum atomic E-state index is -4.61. The average molecular weight is 463 g/mol. The van der Waals surface area contributed by atoms with Crippen LogP contribution in [0.1, 0.15) is 4.28 Å². The van der Waals surface area contributed by atoms with E-state index in [1.54, 1.807) is 0 Å². The monoisotopic (exact) mass is 462 g/mol. The Morgan fingerprint density at radius 1 is 0.524 bits per heavy atom.